The van der Waals surface area contributed by atoms with Crippen LogP contribution in [0.1, 0.15) is 44.0 Å². The molecule has 2 amide bonds. The Balaban J connectivity index is 1.81. The SMILES string of the molecule is CCC[C@@H]1[C@@H]2OC(=O)N[C@@H]2CN1c1nccc2cc(C(N)=O)c(OC(C)C)cc12. The molecule has 3 atom stereocenters. The van der Waals surface area contributed by atoms with E-state index in [1.807, 2.05) is 26.0 Å². The van der Waals surface area contributed by atoms with Gasteiger partial charge in [-0.15, -0.1) is 0 Å². The smallest absolute Gasteiger partial charge is 0.407 e. The highest BCUT2D eigenvalue weighted by Crippen LogP contribution is 2.37. The Labute approximate surface area is 169 Å². The largest absolute Gasteiger partial charge is 0.490 e. The molecule has 0 bridgehead atoms. The van der Waals surface area contributed by atoms with Gasteiger partial charge in [-0.05, 0) is 43.9 Å². The van der Waals surface area contributed by atoms with Crippen molar-refractivity contribution >= 4 is 28.6 Å². The zero-order valence-corrected chi connectivity index (χ0v) is 16.8. The molecule has 3 N–H and O–H groups in total. The third kappa shape index (κ3) is 3.43. The third-order valence-electron chi connectivity index (χ3n) is 5.44. The Bertz CT molecular complexity index is 961. The van der Waals surface area contributed by atoms with Crippen molar-refractivity contribution < 1.29 is 19.1 Å². The quantitative estimate of drug-likeness (QED) is 0.775. The molecule has 2 saturated heterocycles. The molecule has 0 unspecified atom stereocenters. The minimum atomic E-state index is -0.531. The first-order valence-corrected chi connectivity index (χ1v) is 10.0. The Morgan fingerprint density at radius 1 is 1.45 bits per heavy atom. The average molecular weight is 398 g/mol. The molecule has 2 aliphatic heterocycles. The fraction of sp³-hybridized carbons (Fsp3) is 0.476. The number of benzene rings is 1. The number of pyridine rings is 1. The fourth-order valence-corrected chi connectivity index (χ4v) is 4.31. The highest BCUT2D eigenvalue weighted by molar-refractivity contribution is 6.03. The number of alkyl carbamates (subject to hydrolysis) is 1. The van der Waals surface area contributed by atoms with Crippen molar-refractivity contribution in [1.29, 1.82) is 0 Å². The van der Waals surface area contributed by atoms with Crippen molar-refractivity contribution in [2.75, 3.05) is 11.4 Å². The lowest BCUT2D eigenvalue weighted by Gasteiger charge is -2.29. The highest BCUT2D eigenvalue weighted by Gasteiger charge is 2.49. The number of nitrogens with two attached hydrogens (primary N) is 1. The van der Waals surface area contributed by atoms with Crippen LogP contribution in [0, 0.1) is 0 Å². The number of amides is 2. The number of ether oxygens (including phenoxy) is 2. The van der Waals surface area contributed by atoms with E-state index in [0.717, 1.165) is 29.4 Å². The molecular formula is C21H26N4O4. The van der Waals surface area contributed by atoms with Crippen LogP contribution in [0.2, 0.25) is 0 Å². The molecule has 8 nitrogen and oxygen atoms in total. The zero-order chi connectivity index (χ0) is 20.7. The van der Waals surface area contributed by atoms with E-state index in [-0.39, 0.29) is 30.4 Å². The second-order valence-corrected chi connectivity index (χ2v) is 7.86. The van der Waals surface area contributed by atoms with Gasteiger partial charge >= 0.3 is 6.09 Å². The van der Waals surface area contributed by atoms with Gasteiger partial charge in [0.2, 0.25) is 0 Å². The van der Waals surface area contributed by atoms with Crippen LogP contribution in [0.3, 0.4) is 0 Å². The van der Waals surface area contributed by atoms with Crippen LogP contribution in [0.25, 0.3) is 10.8 Å². The molecule has 3 heterocycles. The lowest BCUT2D eigenvalue weighted by molar-refractivity contribution is 0.0994. The van der Waals surface area contributed by atoms with Crippen LogP contribution >= 0.6 is 0 Å². The minimum Gasteiger partial charge on any atom is -0.490 e. The predicted octanol–water partition coefficient (Wildman–Crippen LogP) is 2.59. The van der Waals surface area contributed by atoms with E-state index in [9.17, 15) is 9.59 Å². The molecule has 0 aliphatic carbocycles. The lowest BCUT2D eigenvalue weighted by Crippen LogP contribution is -2.37. The van der Waals surface area contributed by atoms with E-state index in [1.54, 1.807) is 12.3 Å². The van der Waals surface area contributed by atoms with Crippen LogP contribution in [0.15, 0.2) is 24.4 Å². The molecule has 154 valence electrons. The molecule has 2 aromatic rings. The molecule has 2 aliphatic rings. The van der Waals surface area contributed by atoms with E-state index in [1.165, 1.54) is 0 Å². The summed E-state index contributed by atoms with van der Waals surface area (Å²) in [4.78, 5) is 30.5. The first-order chi connectivity index (χ1) is 13.9. The van der Waals surface area contributed by atoms with Gasteiger partial charge in [-0.1, -0.05) is 13.3 Å². The van der Waals surface area contributed by atoms with Gasteiger partial charge in [0, 0.05) is 18.1 Å². The minimum absolute atomic E-state index is 0.0346. The molecule has 1 aromatic carbocycles. The predicted molar refractivity (Wildman–Crippen MR) is 109 cm³/mol. The van der Waals surface area contributed by atoms with E-state index >= 15 is 0 Å². The molecule has 8 heteroatoms. The molecular weight excluding hydrogens is 372 g/mol. The van der Waals surface area contributed by atoms with Gasteiger partial charge in [0.1, 0.15) is 17.7 Å². The second-order valence-electron chi connectivity index (χ2n) is 7.86. The van der Waals surface area contributed by atoms with Gasteiger partial charge in [0.15, 0.2) is 0 Å². The van der Waals surface area contributed by atoms with Gasteiger partial charge in [-0.3, -0.25) is 4.79 Å². The van der Waals surface area contributed by atoms with Crippen molar-refractivity contribution in [2.24, 2.45) is 5.73 Å². The van der Waals surface area contributed by atoms with E-state index < -0.39 is 5.91 Å². The number of rotatable bonds is 6. The van der Waals surface area contributed by atoms with Crippen LogP contribution in [0.5, 0.6) is 5.75 Å². The van der Waals surface area contributed by atoms with Crippen molar-refractivity contribution in [3.63, 3.8) is 0 Å². The number of hydrogen-bond acceptors (Lipinski definition) is 6. The van der Waals surface area contributed by atoms with Crippen molar-refractivity contribution in [3.05, 3.63) is 30.0 Å². The summed E-state index contributed by atoms with van der Waals surface area (Å²) in [5.74, 6) is 0.708. The number of anilines is 1. The number of hydrogen-bond donors (Lipinski definition) is 2. The van der Waals surface area contributed by atoms with Gasteiger partial charge in [0.25, 0.3) is 5.91 Å². The summed E-state index contributed by atoms with van der Waals surface area (Å²) in [5.41, 5.74) is 5.93. The Morgan fingerprint density at radius 2 is 2.24 bits per heavy atom. The van der Waals surface area contributed by atoms with Crippen LogP contribution < -0.4 is 20.7 Å². The molecule has 1 aromatic heterocycles. The summed E-state index contributed by atoms with van der Waals surface area (Å²) in [5, 5.41) is 4.63. The van der Waals surface area contributed by atoms with Crippen molar-refractivity contribution in [1.82, 2.24) is 10.3 Å². The van der Waals surface area contributed by atoms with Gasteiger partial charge in [0.05, 0.1) is 23.8 Å². The molecule has 0 radical (unpaired) electrons. The molecule has 2 fully saturated rings. The summed E-state index contributed by atoms with van der Waals surface area (Å²) < 4.78 is 11.4. The van der Waals surface area contributed by atoms with Crippen LogP contribution in [-0.2, 0) is 4.74 Å². The topological polar surface area (TPSA) is 107 Å². The van der Waals surface area contributed by atoms with E-state index in [4.69, 9.17) is 15.2 Å². The van der Waals surface area contributed by atoms with E-state index in [0.29, 0.717) is 17.9 Å². The standard InChI is InChI=1S/C21H26N4O4/c1-4-5-16-18-15(24-21(27)29-18)10-25(16)20-13-9-17(28-11(2)3)14(19(22)26)8-12(13)6-7-23-20/h6-9,11,15-16,18H,4-5,10H2,1-3H3,(H2,22,26)(H,24,27)/t15-,16-,18-/m1/s1. The Morgan fingerprint density at radius 3 is 2.93 bits per heavy atom. The Hall–Kier alpha value is -3.03. The van der Waals surface area contributed by atoms with Crippen molar-refractivity contribution in [2.45, 2.75) is 57.9 Å². The number of carbonyl (C=O) groups excluding carboxylic acids is 2. The number of primary amides is 1. The number of aromatic nitrogens is 1. The molecule has 29 heavy (non-hydrogen) atoms. The summed E-state index contributed by atoms with van der Waals surface area (Å²) in [6, 6.07) is 5.42. The first kappa shape index (κ1) is 19.3. The maximum atomic E-state index is 11.9. The van der Waals surface area contributed by atoms with Gasteiger partial charge in [-0.2, -0.15) is 0 Å². The maximum Gasteiger partial charge on any atom is 0.407 e. The molecule has 4 rings (SSSR count). The number of fused-ring (bicyclic) bond motifs is 2. The second kappa shape index (κ2) is 7.42. The van der Waals surface area contributed by atoms with Crippen LogP contribution in [0.4, 0.5) is 10.6 Å². The summed E-state index contributed by atoms with van der Waals surface area (Å²) in [6.07, 6.45) is 2.90. The summed E-state index contributed by atoms with van der Waals surface area (Å²) >= 11 is 0. The van der Waals surface area contributed by atoms with Gasteiger partial charge in [-0.25, -0.2) is 9.78 Å². The van der Waals surface area contributed by atoms with Gasteiger partial charge < -0.3 is 25.4 Å². The lowest BCUT2D eigenvalue weighted by atomic mass is 10.0. The fourth-order valence-electron chi connectivity index (χ4n) is 4.31. The van der Waals surface area contributed by atoms with Crippen molar-refractivity contribution in [3.8, 4) is 5.75 Å². The first-order valence-electron chi connectivity index (χ1n) is 10.0. The third-order valence-corrected chi connectivity index (χ3v) is 5.44. The highest BCUT2D eigenvalue weighted by atomic mass is 16.6. The number of nitrogens with one attached hydrogen (secondary N) is 1. The Kier molecular flexibility index (Phi) is 4.94. The number of carbonyl (C=O) groups is 2. The molecule has 0 saturated carbocycles. The van der Waals surface area contributed by atoms with E-state index in [2.05, 4.69) is 22.1 Å². The zero-order valence-electron chi connectivity index (χ0n) is 16.8. The normalized spacial score (nSPS) is 23.2. The van der Waals surface area contributed by atoms with Crippen LogP contribution in [-0.4, -0.2) is 47.8 Å². The average Bonchev–Trinajstić information content (AvgIpc) is 3.17. The summed E-state index contributed by atoms with van der Waals surface area (Å²) in [6.45, 7) is 6.53. The molecule has 0 spiro atoms. The maximum absolute atomic E-state index is 11.9. The summed E-state index contributed by atoms with van der Waals surface area (Å²) in [7, 11) is 0. The monoisotopic (exact) mass is 398 g/mol. The number of nitrogens with zero attached hydrogens (tertiary/aromatic N) is 2.